The average Bonchev–Trinajstić information content (AvgIpc) is 2.87. The Bertz CT molecular complexity index is 526. The lowest BCUT2D eigenvalue weighted by Gasteiger charge is -2.35. The maximum Gasteiger partial charge on any atom is 0.312 e. The van der Waals surface area contributed by atoms with Crippen molar-refractivity contribution in [2.45, 2.75) is 26.3 Å². The van der Waals surface area contributed by atoms with Gasteiger partial charge in [-0.15, -0.1) is 0 Å². The molecule has 0 aromatic heterocycles. The second-order valence-electron chi connectivity index (χ2n) is 5.87. The van der Waals surface area contributed by atoms with Crippen LogP contribution in [0.15, 0.2) is 0 Å². The largest absolute Gasteiger partial charge is 0.332 e. The van der Waals surface area contributed by atoms with Crippen LogP contribution in [0.3, 0.4) is 0 Å². The highest BCUT2D eigenvalue weighted by Gasteiger charge is 2.37. The van der Waals surface area contributed by atoms with E-state index in [1.807, 2.05) is 0 Å². The van der Waals surface area contributed by atoms with Crippen LogP contribution in [0.1, 0.15) is 20.3 Å². The number of hydrogen-bond acceptors (Lipinski definition) is 5. The van der Waals surface area contributed by atoms with Crippen molar-refractivity contribution in [1.29, 1.82) is 0 Å². The van der Waals surface area contributed by atoms with E-state index in [2.05, 4.69) is 11.8 Å². The van der Waals surface area contributed by atoms with E-state index in [0.29, 0.717) is 26.1 Å². The number of amides is 2. The zero-order valence-electron chi connectivity index (χ0n) is 13.3. The first-order chi connectivity index (χ1) is 10.4. The van der Waals surface area contributed by atoms with E-state index in [-0.39, 0.29) is 17.5 Å². The Hall–Kier alpha value is -1.15. The number of likely N-dealkylation sites (N-methyl/N-ethyl adjacent to an activating group) is 2. The number of nitrogens with zero attached hydrogens (tertiary/aromatic N) is 3. The first-order valence-electron chi connectivity index (χ1n) is 7.90. The lowest BCUT2D eigenvalue weighted by molar-refractivity contribution is -0.153. The Kier molecular flexibility index (Phi) is 5.44. The number of carbonyl (C=O) groups excluding carboxylic acids is 2. The van der Waals surface area contributed by atoms with E-state index in [1.165, 1.54) is 4.90 Å². The maximum absolute atomic E-state index is 12.4. The molecule has 2 rings (SSSR count). The summed E-state index contributed by atoms with van der Waals surface area (Å²) < 4.78 is 23.2. The Morgan fingerprint density at radius 3 is 2.23 bits per heavy atom. The first-order valence-corrected chi connectivity index (χ1v) is 9.72. The smallest absolute Gasteiger partial charge is 0.312 e. The SMILES string of the molecule is CCN1CCN(C(=O)C(=O)N(CC)C2CCS(=O)(=O)C2)CC1. The number of rotatable bonds is 3. The molecule has 126 valence electrons. The number of carbonyl (C=O) groups is 2. The van der Waals surface area contributed by atoms with Gasteiger partial charge < -0.3 is 14.7 Å². The lowest BCUT2D eigenvalue weighted by atomic mass is 10.2. The van der Waals surface area contributed by atoms with Crippen LogP contribution in [0.4, 0.5) is 0 Å². The zero-order valence-corrected chi connectivity index (χ0v) is 14.1. The molecule has 0 radical (unpaired) electrons. The van der Waals surface area contributed by atoms with Gasteiger partial charge in [-0.05, 0) is 19.9 Å². The van der Waals surface area contributed by atoms with Gasteiger partial charge in [0.05, 0.1) is 11.5 Å². The molecular weight excluding hydrogens is 306 g/mol. The Balaban J connectivity index is 1.98. The van der Waals surface area contributed by atoms with Gasteiger partial charge in [-0.1, -0.05) is 6.92 Å². The molecule has 0 N–H and O–H groups in total. The summed E-state index contributed by atoms with van der Waals surface area (Å²) in [5, 5.41) is 0. The highest BCUT2D eigenvalue weighted by molar-refractivity contribution is 7.91. The molecule has 22 heavy (non-hydrogen) atoms. The van der Waals surface area contributed by atoms with Crippen molar-refractivity contribution < 1.29 is 18.0 Å². The third-order valence-electron chi connectivity index (χ3n) is 4.54. The van der Waals surface area contributed by atoms with Crippen LogP contribution >= 0.6 is 0 Å². The van der Waals surface area contributed by atoms with Gasteiger partial charge in [-0.3, -0.25) is 9.59 Å². The highest BCUT2D eigenvalue weighted by Crippen LogP contribution is 2.18. The van der Waals surface area contributed by atoms with Crippen LogP contribution in [0, 0.1) is 0 Å². The van der Waals surface area contributed by atoms with Crippen LogP contribution in [0.2, 0.25) is 0 Å². The van der Waals surface area contributed by atoms with E-state index in [4.69, 9.17) is 0 Å². The second kappa shape index (κ2) is 6.95. The molecule has 1 atom stereocenters. The van der Waals surface area contributed by atoms with Crippen LogP contribution in [-0.2, 0) is 19.4 Å². The van der Waals surface area contributed by atoms with E-state index in [0.717, 1.165) is 19.6 Å². The van der Waals surface area contributed by atoms with E-state index >= 15 is 0 Å². The Labute approximate surface area is 132 Å². The van der Waals surface area contributed by atoms with Gasteiger partial charge in [-0.25, -0.2) is 8.42 Å². The van der Waals surface area contributed by atoms with Gasteiger partial charge in [-0.2, -0.15) is 0 Å². The van der Waals surface area contributed by atoms with Gasteiger partial charge in [0.25, 0.3) is 0 Å². The Morgan fingerprint density at radius 2 is 1.77 bits per heavy atom. The van der Waals surface area contributed by atoms with Crippen molar-refractivity contribution in [2.24, 2.45) is 0 Å². The highest BCUT2D eigenvalue weighted by atomic mass is 32.2. The normalized spacial score (nSPS) is 25.2. The van der Waals surface area contributed by atoms with Crippen LogP contribution in [0.25, 0.3) is 0 Å². The predicted molar refractivity (Wildman–Crippen MR) is 83.1 cm³/mol. The fourth-order valence-corrected chi connectivity index (χ4v) is 4.84. The molecule has 2 heterocycles. The summed E-state index contributed by atoms with van der Waals surface area (Å²) in [6.45, 7) is 7.82. The van der Waals surface area contributed by atoms with Gasteiger partial charge in [0.15, 0.2) is 9.84 Å². The summed E-state index contributed by atoms with van der Waals surface area (Å²) in [5.74, 6) is -0.981. The molecule has 8 heteroatoms. The summed E-state index contributed by atoms with van der Waals surface area (Å²) >= 11 is 0. The molecule has 0 aromatic carbocycles. The number of hydrogen-bond donors (Lipinski definition) is 0. The molecule has 2 aliphatic heterocycles. The molecule has 0 aromatic rings. The molecule has 0 saturated carbocycles. The average molecular weight is 331 g/mol. The summed E-state index contributed by atoms with van der Waals surface area (Å²) in [7, 11) is -3.07. The summed E-state index contributed by atoms with van der Waals surface area (Å²) in [5.41, 5.74) is 0. The molecule has 2 aliphatic rings. The second-order valence-corrected chi connectivity index (χ2v) is 8.10. The zero-order chi connectivity index (χ0) is 16.3. The molecule has 0 bridgehead atoms. The molecule has 2 amide bonds. The number of sulfone groups is 1. The number of piperazine rings is 1. The molecular formula is C14H25N3O4S. The molecule has 7 nitrogen and oxygen atoms in total. The quantitative estimate of drug-likeness (QED) is 0.632. The summed E-state index contributed by atoms with van der Waals surface area (Å²) in [6.07, 6.45) is 0.429. The minimum atomic E-state index is -3.07. The van der Waals surface area contributed by atoms with Crippen molar-refractivity contribution in [2.75, 3.05) is 50.8 Å². The third kappa shape index (κ3) is 3.78. The van der Waals surface area contributed by atoms with Crippen molar-refractivity contribution >= 4 is 21.7 Å². The van der Waals surface area contributed by atoms with Crippen molar-refractivity contribution in [3.05, 3.63) is 0 Å². The van der Waals surface area contributed by atoms with E-state index in [1.54, 1.807) is 11.8 Å². The van der Waals surface area contributed by atoms with Gasteiger partial charge in [0.1, 0.15) is 0 Å². The predicted octanol–water partition coefficient (Wildman–Crippen LogP) is -0.814. The maximum atomic E-state index is 12.4. The Morgan fingerprint density at radius 1 is 1.14 bits per heavy atom. The standard InChI is InChI=1S/C14H25N3O4S/c1-3-15-6-8-16(9-7-15)13(18)14(19)17(4-2)12-5-10-22(20,21)11-12/h12H,3-11H2,1-2H3. The molecule has 2 saturated heterocycles. The van der Waals surface area contributed by atoms with Crippen molar-refractivity contribution in [3.63, 3.8) is 0 Å². The van der Waals surface area contributed by atoms with E-state index in [9.17, 15) is 18.0 Å². The van der Waals surface area contributed by atoms with Crippen LogP contribution in [0.5, 0.6) is 0 Å². The third-order valence-corrected chi connectivity index (χ3v) is 6.29. The first kappa shape index (κ1) is 17.2. The molecule has 0 spiro atoms. The fraction of sp³-hybridized carbons (Fsp3) is 0.857. The lowest BCUT2D eigenvalue weighted by Crippen LogP contribution is -2.54. The fourth-order valence-electron chi connectivity index (χ4n) is 3.11. The topological polar surface area (TPSA) is 78.0 Å². The van der Waals surface area contributed by atoms with Gasteiger partial charge in [0.2, 0.25) is 0 Å². The van der Waals surface area contributed by atoms with Gasteiger partial charge in [0, 0.05) is 38.8 Å². The molecule has 2 fully saturated rings. The minimum Gasteiger partial charge on any atom is -0.332 e. The minimum absolute atomic E-state index is 0.0243. The summed E-state index contributed by atoms with van der Waals surface area (Å²) in [6, 6.07) is -0.358. The van der Waals surface area contributed by atoms with Gasteiger partial charge >= 0.3 is 11.8 Å². The molecule has 1 unspecified atom stereocenters. The van der Waals surface area contributed by atoms with E-state index < -0.39 is 21.7 Å². The monoisotopic (exact) mass is 331 g/mol. The van der Waals surface area contributed by atoms with Crippen molar-refractivity contribution in [1.82, 2.24) is 14.7 Å². The summed E-state index contributed by atoms with van der Waals surface area (Å²) in [4.78, 5) is 30.1. The molecule has 0 aliphatic carbocycles. The van der Waals surface area contributed by atoms with Crippen LogP contribution in [-0.4, -0.2) is 91.7 Å². The van der Waals surface area contributed by atoms with Crippen molar-refractivity contribution in [3.8, 4) is 0 Å². The van der Waals surface area contributed by atoms with Crippen LogP contribution < -0.4 is 0 Å².